The van der Waals surface area contributed by atoms with Crippen LogP contribution in [0.3, 0.4) is 0 Å². The zero-order chi connectivity index (χ0) is 13.1. The maximum absolute atomic E-state index is 11.5. The molecular weight excluding hydrogens is 248 g/mol. The zero-order valence-corrected chi connectivity index (χ0v) is 11.6. The highest BCUT2D eigenvalue weighted by atomic mass is 32.1. The summed E-state index contributed by atoms with van der Waals surface area (Å²) in [4.78, 5) is 13.2. The fourth-order valence-corrected chi connectivity index (χ4v) is 3.03. The lowest BCUT2D eigenvalue weighted by Gasteiger charge is -2.00. The van der Waals surface area contributed by atoms with E-state index < -0.39 is 0 Å². The van der Waals surface area contributed by atoms with Gasteiger partial charge in [0.15, 0.2) is 0 Å². The van der Waals surface area contributed by atoms with Gasteiger partial charge >= 0.3 is 5.97 Å². The van der Waals surface area contributed by atoms with Crippen molar-refractivity contribution in [3.63, 3.8) is 0 Å². The van der Waals surface area contributed by atoms with Crippen LogP contribution in [0.4, 0.5) is 0 Å². The Balaban J connectivity index is 2.41. The van der Waals surface area contributed by atoms with E-state index >= 15 is 0 Å². The van der Waals surface area contributed by atoms with E-state index in [1.807, 2.05) is 19.2 Å². The Hall–Kier alpha value is -1.62. The van der Waals surface area contributed by atoms with Crippen molar-refractivity contribution in [1.29, 1.82) is 0 Å². The minimum absolute atomic E-state index is 0.283. The van der Waals surface area contributed by atoms with E-state index in [9.17, 15) is 4.79 Å². The molecule has 0 amide bonds. The number of methoxy groups -OCH3 is 1. The maximum Gasteiger partial charge on any atom is 0.348 e. The number of hydrogen-bond acceptors (Lipinski definition) is 4. The van der Waals surface area contributed by atoms with Gasteiger partial charge in [0.2, 0.25) is 0 Å². The van der Waals surface area contributed by atoms with Crippen LogP contribution in [0, 0.1) is 6.92 Å². The molecule has 2 heterocycles. The molecular formula is C13H16N2O2S. The van der Waals surface area contributed by atoms with Gasteiger partial charge in [-0.25, -0.2) is 4.79 Å². The first kappa shape index (κ1) is 12.8. The van der Waals surface area contributed by atoms with Gasteiger partial charge in [-0.2, -0.15) is 5.10 Å². The van der Waals surface area contributed by atoms with Crippen LogP contribution in [0.15, 0.2) is 12.3 Å². The second kappa shape index (κ2) is 5.35. The van der Waals surface area contributed by atoms with E-state index in [2.05, 4.69) is 17.1 Å². The Bertz CT molecular complexity index is 557. The molecule has 2 aromatic rings. The van der Waals surface area contributed by atoms with Crippen LogP contribution >= 0.6 is 11.3 Å². The monoisotopic (exact) mass is 264 g/mol. The summed E-state index contributed by atoms with van der Waals surface area (Å²) in [6, 6.07) is 1.87. The maximum atomic E-state index is 11.5. The van der Waals surface area contributed by atoms with Gasteiger partial charge in [0.25, 0.3) is 0 Å². The highest BCUT2D eigenvalue weighted by Crippen LogP contribution is 2.34. The number of ether oxygens (including phenoxy) is 1. The number of aryl methyl sites for hydroxylation is 2. The number of H-pyrrole nitrogens is 1. The van der Waals surface area contributed by atoms with E-state index in [1.54, 1.807) is 0 Å². The van der Waals surface area contributed by atoms with Crippen LogP contribution in [-0.4, -0.2) is 23.3 Å². The van der Waals surface area contributed by atoms with Gasteiger partial charge in [0, 0.05) is 16.1 Å². The molecule has 0 aliphatic rings. The van der Waals surface area contributed by atoms with E-state index in [0.29, 0.717) is 4.88 Å². The second-order valence-corrected chi connectivity index (χ2v) is 5.18. The topological polar surface area (TPSA) is 55.0 Å². The van der Waals surface area contributed by atoms with Gasteiger partial charge < -0.3 is 4.74 Å². The summed E-state index contributed by atoms with van der Waals surface area (Å²) in [6.07, 6.45) is 3.84. The number of nitrogens with one attached hydrogen (secondary N) is 1. The van der Waals surface area contributed by atoms with Crippen molar-refractivity contribution in [1.82, 2.24) is 10.2 Å². The molecule has 4 nitrogen and oxygen atoms in total. The molecule has 0 saturated carbocycles. The lowest BCUT2D eigenvalue weighted by atomic mass is 10.1. The molecule has 1 N–H and O–H groups in total. The van der Waals surface area contributed by atoms with E-state index in [-0.39, 0.29) is 5.97 Å². The number of carbonyl (C=O) groups excluding carboxylic acids is 1. The number of carbonyl (C=O) groups is 1. The molecule has 0 bridgehead atoms. The molecule has 0 unspecified atom stereocenters. The Morgan fingerprint density at radius 2 is 2.33 bits per heavy atom. The van der Waals surface area contributed by atoms with Crippen molar-refractivity contribution in [3.8, 4) is 10.4 Å². The molecule has 0 saturated heterocycles. The van der Waals surface area contributed by atoms with Crippen LogP contribution in [0.1, 0.15) is 34.3 Å². The van der Waals surface area contributed by atoms with E-state index in [1.165, 1.54) is 18.4 Å². The van der Waals surface area contributed by atoms with Gasteiger partial charge in [-0.1, -0.05) is 13.3 Å². The van der Waals surface area contributed by atoms with Gasteiger partial charge in [-0.15, -0.1) is 11.3 Å². The summed E-state index contributed by atoms with van der Waals surface area (Å²) in [5, 5.41) is 7.12. The summed E-state index contributed by atoms with van der Waals surface area (Å²) < 4.78 is 4.75. The SMILES string of the molecule is CCCc1[nH]ncc1-c1sc(C(=O)OC)cc1C. The third-order valence-corrected chi connectivity index (χ3v) is 4.02. The number of nitrogens with zero attached hydrogens (tertiary/aromatic N) is 1. The first-order valence-corrected chi connectivity index (χ1v) is 6.70. The first-order chi connectivity index (χ1) is 8.67. The average Bonchev–Trinajstić information content (AvgIpc) is 2.95. The van der Waals surface area contributed by atoms with Crippen LogP contribution in [0.25, 0.3) is 10.4 Å². The molecule has 0 aliphatic heterocycles. The predicted octanol–water partition coefficient (Wildman–Crippen LogP) is 3.19. The van der Waals surface area contributed by atoms with Crippen LogP contribution in [0.5, 0.6) is 0 Å². The lowest BCUT2D eigenvalue weighted by molar-refractivity contribution is 0.0606. The molecule has 2 rings (SSSR count). The quantitative estimate of drug-likeness (QED) is 0.863. The molecule has 18 heavy (non-hydrogen) atoms. The molecule has 2 aromatic heterocycles. The molecule has 0 spiro atoms. The summed E-state index contributed by atoms with van der Waals surface area (Å²) in [5.74, 6) is -0.283. The van der Waals surface area contributed by atoms with Crippen molar-refractivity contribution in [2.45, 2.75) is 26.7 Å². The Kier molecular flexibility index (Phi) is 3.81. The number of aromatic amines is 1. The third kappa shape index (κ3) is 2.31. The first-order valence-electron chi connectivity index (χ1n) is 5.88. The molecule has 0 radical (unpaired) electrons. The van der Waals surface area contributed by atoms with E-state index in [0.717, 1.165) is 34.5 Å². The van der Waals surface area contributed by atoms with Gasteiger partial charge in [0.05, 0.1) is 13.3 Å². The number of rotatable bonds is 4. The van der Waals surface area contributed by atoms with Crippen molar-refractivity contribution < 1.29 is 9.53 Å². The summed E-state index contributed by atoms with van der Waals surface area (Å²) in [6.45, 7) is 4.13. The van der Waals surface area contributed by atoms with Crippen molar-refractivity contribution in [2.24, 2.45) is 0 Å². The molecule has 5 heteroatoms. The van der Waals surface area contributed by atoms with Gasteiger partial charge in [0.1, 0.15) is 4.88 Å². The average molecular weight is 264 g/mol. The minimum atomic E-state index is -0.283. The van der Waals surface area contributed by atoms with Gasteiger partial charge in [-0.05, 0) is 25.0 Å². The predicted molar refractivity (Wildman–Crippen MR) is 72.0 cm³/mol. The number of esters is 1. The largest absolute Gasteiger partial charge is 0.465 e. The normalized spacial score (nSPS) is 10.6. The smallest absolute Gasteiger partial charge is 0.348 e. The lowest BCUT2D eigenvalue weighted by Crippen LogP contribution is -1.96. The van der Waals surface area contributed by atoms with Crippen LogP contribution < -0.4 is 0 Å². The molecule has 96 valence electrons. The fraction of sp³-hybridized carbons (Fsp3) is 0.385. The number of aromatic nitrogens is 2. The molecule has 0 atom stereocenters. The van der Waals surface area contributed by atoms with Crippen molar-refractivity contribution in [3.05, 3.63) is 28.4 Å². The molecule has 0 fully saturated rings. The van der Waals surface area contributed by atoms with E-state index in [4.69, 9.17) is 4.74 Å². The minimum Gasteiger partial charge on any atom is -0.465 e. The number of hydrogen-bond donors (Lipinski definition) is 1. The highest BCUT2D eigenvalue weighted by molar-refractivity contribution is 7.17. The van der Waals surface area contributed by atoms with Gasteiger partial charge in [-0.3, -0.25) is 5.10 Å². The summed E-state index contributed by atoms with van der Waals surface area (Å²) in [7, 11) is 1.40. The second-order valence-electron chi connectivity index (χ2n) is 4.13. The van der Waals surface area contributed by atoms with Crippen LogP contribution in [-0.2, 0) is 11.2 Å². The fourth-order valence-electron chi connectivity index (χ4n) is 1.90. The third-order valence-electron chi connectivity index (χ3n) is 2.77. The number of thiophene rings is 1. The Morgan fingerprint density at radius 3 is 3.00 bits per heavy atom. The summed E-state index contributed by atoms with van der Waals surface area (Å²) in [5.41, 5.74) is 3.30. The standard InChI is InChI=1S/C13H16N2O2S/c1-4-5-10-9(7-14-15-10)12-8(2)6-11(18-12)13(16)17-3/h6-7H,4-5H2,1-3H3,(H,14,15). The van der Waals surface area contributed by atoms with Crippen molar-refractivity contribution >= 4 is 17.3 Å². The molecule has 0 aromatic carbocycles. The summed E-state index contributed by atoms with van der Waals surface area (Å²) >= 11 is 1.46. The Morgan fingerprint density at radius 1 is 1.56 bits per heavy atom. The zero-order valence-electron chi connectivity index (χ0n) is 10.7. The van der Waals surface area contributed by atoms with Crippen molar-refractivity contribution in [2.75, 3.05) is 7.11 Å². The van der Waals surface area contributed by atoms with Crippen LogP contribution in [0.2, 0.25) is 0 Å². The Labute approximate surface area is 110 Å². The molecule has 0 aliphatic carbocycles. The highest BCUT2D eigenvalue weighted by Gasteiger charge is 2.16.